The predicted molar refractivity (Wildman–Crippen MR) is 49.9 cm³/mol. The van der Waals surface area contributed by atoms with Crippen molar-refractivity contribution in [2.24, 2.45) is 5.41 Å². The minimum Gasteiger partial charge on any atom is -0.393 e. The van der Waals surface area contributed by atoms with Crippen molar-refractivity contribution in [3.63, 3.8) is 0 Å². The van der Waals surface area contributed by atoms with Crippen molar-refractivity contribution in [3.05, 3.63) is 12.2 Å². The highest BCUT2D eigenvalue weighted by molar-refractivity contribution is 5.05. The molecule has 0 aliphatic heterocycles. The van der Waals surface area contributed by atoms with Crippen LogP contribution in [0.15, 0.2) is 12.2 Å². The van der Waals surface area contributed by atoms with E-state index in [4.69, 9.17) is 0 Å². The van der Waals surface area contributed by atoms with Gasteiger partial charge in [0.1, 0.15) is 0 Å². The van der Waals surface area contributed by atoms with Gasteiger partial charge >= 0.3 is 0 Å². The lowest BCUT2D eigenvalue weighted by molar-refractivity contribution is 0.0638. The van der Waals surface area contributed by atoms with E-state index in [2.05, 4.69) is 12.2 Å². The third kappa shape index (κ3) is 1.56. The van der Waals surface area contributed by atoms with Crippen LogP contribution in [0.5, 0.6) is 0 Å². The zero-order valence-corrected chi connectivity index (χ0v) is 7.63. The molecule has 1 heteroatoms. The highest BCUT2D eigenvalue weighted by Gasteiger charge is 2.33. The van der Waals surface area contributed by atoms with E-state index in [9.17, 15) is 5.11 Å². The molecule has 0 aromatic rings. The van der Waals surface area contributed by atoms with Gasteiger partial charge in [0.25, 0.3) is 0 Å². The number of rotatable bonds is 0. The zero-order valence-electron chi connectivity index (χ0n) is 7.63. The molecule has 0 amide bonds. The lowest BCUT2D eigenvalue weighted by Gasteiger charge is -2.39. The van der Waals surface area contributed by atoms with Crippen LogP contribution in [0, 0.1) is 5.41 Å². The van der Waals surface area contributed by atoms with Crippen molar-refractivity contribution in [1.82, 2.24) is 0 Å². The van der Waals surface area contributed by atoms with Gasteiger partial charge in [-0.3, -0.25) is 0 Å². The molecule has 0 unspecified atom stereocenters. The molecule has 2 atom stereocenters. The van der Waals surface area contributed by atoms with Gasteiger partial charge < -0.3 is 5.11 Å². The second-order valence-electron chi connectivity index (χ2n) is 4.41. The van der Waals surface area contributed by atoms with E-state index in [0.717, 1.165) is 12.8 Å². The van der Waals surface area contributed by atoms with E-state index < -0.39 is 0 Å². The first kappa shape index (κ1) is 8.31. The van der Waals surface area contributed by atoms with E-state index in [1.54, 1.807) is 0 Å². The average Bonchev–Trinajstić information content (AvgIpc) is 2.05. The van der Waals surface area contributed by atoms with Crippen LogP contribution in [0.4, 0.5) is 0 Å². The Kier molecular flexibility index (Phi) is 2.22. The molecule has 68 valence electrons. The van der Waals surface area contributed by atoms with Crippen LogP contribution in [0.25, 0.3) is 0 Å². The molecule has 1 nitrogen and oxygen atoms in total. The second kappa shape index (κ2) is 3.21. The molecule has 2 rings (SSSR count). The predicted octanol–water partition coefficient (Wildman–Crippen LogP) is 2.65. The van der Waals surface area contributed by atoms with Gasteiger partial charge in [-0.25, -0.2) is 0 Å². The monoisotopic (exact) mass is 166 g/mol. The van der Waals surface area contributed by atoms with Gasteiger partial charge in [0.05, 0.1) is 6.10 Å². The summed E-state index contributed by atoms with van der Waals surface area (Å²) in [5.41, 5.74) is 0.399. The van der Waals surface area contributed by atoms with E-state index in [1.165, 1.54) is 32.1 Å². The number of aliphatic hydroxyl groups excluding tert-OH is 1. The molecule has 2 aliphatic rings. The van der Waals surface area contributed by atoms with Gasteiger partial charge in [-0.2, -0.15) is 0 Å². The summed E-state index contributed by atoms with van der Waals surface area (Å²) in [7, 11) is 0. The Morgan fingerprint density at radius 1 is 1.25 bits per heavy atom. The Labute approximate surface area is 74.5 Å². The maximum atomic E-state index is 9.59. The highest BCUT2D eigenvalue weighted by Crippen LogP contribution is 2.43. The maximum Gasteiger partial charge on any atom is 0.0548 e. The molecule has 0 aromatic carbocycles. The number of allylic oxidation sites excluding steroid dienone is 2. The lowest BCUT2D eigenvalue weighted by atomic mass is 9.68. The minimum absolute atomic E-state index is 0.0264. The molecule has 1 fully saturated rings. The Morgan fingerprint density at radius 3 is 2.75 bits per heavy atom. The van der Waals surface area contributed by atoms with Crippen LogP contribution in [0.2, 0.25) is 0 Å². The summed E-state index contributed by atoms with van der Waals surface area (Å²) in [5, 5.41) is 9.59. The first-order chi connectivity index (χ1) is 5.81. The van der Waals surface area contributed by atoms with Crippen LogP contribution < -0.4 is 0 Å². The Morgan fingerprint density at radius 2 is 2.08 bits per heavy atom. The summed E-state index contributed by atoms with van der Waals surface area (Å²) in [6, 6.07) is 0. The van der Waals surface area contributed by atoms with E-state index in [0.29, 0.717) is 5.41 Å². The van der Waals surface area contributed by atoms with Crippen molar-refractivity contribution in [2.75, 3.05) is 0 Å². The fourth-order valence-corrected chi connectivity index (χ4v) is 2.73. The molecule has 0 aromatic heterocycles. The smallest absolute Gasteiger partial charge is 0.0548 e. The van der Waals surface area contributed by atoms with Gasteiger partial charge in [0.15, 0.2) is 0 Å². The van der Waals surface area contributed by atoms with Crippen LogP contribution in [0.1, 0.15) is 44.9 Å². The van der Waals surface area contributed by atoms with Crippen molar-refractivity contribution < 1.29 is 5.11 Å². The molecular formula is C11H18O. The van der Waals surface area contributed by atoms with Gasteiger partial charge in [0, 0.05) is 0 Å². The van der Waals surface area contributed by atoms with Crippen molar-refractivity contribution >= 4 is 0 Å². The zero-order chi connectivity index (χ0) is 8.44. The molecule has 1 spiro atoms. The molecule has 12 heavy (non-hydrogen) atoms. The summed E-state index contributed by atoms with van der Waals surface area (Å²) in [5.74, 6) is 0. The first-order valence-electron chi connectivity index (χ1n) is 5.17. The average molecular weight is 166 g/mol. The van der Waals surface area contributed by atoms with Gasteiger partial charge in [-0.15, -0.1) is 0 Å². The van der Waals surface area contributed by atoms with Crippen LogP contribution in [-0.4, -0.2) is 11.2 Å². The highest BCUT2D eigenvalue weighted by atomic mass is 16.3. The van der Waals surface area contributed by atoms with E-state index in [1.807, 2.05) is 0 Å². The van der Waals surface area contributed by atoms with Crippen molar-refractivity contribution in [3.8, 4) is 0 Å². The molecule has 2 aliphatic carbocycles. The van der Waals surface area contributed by atoms with Gasteiger partial charge in [0.2, 0.25) is 0 Å². The SMILES string of the molecule is O[C@@H]1CCC[C@@]2(C=CCCC2)C1. The van der Waals surface area contributed by atoms with Gasteiger partial charge in [-0.05, 0) is 43.9 Å². The number of aliphatic hydroxyl groups is 1. The fourth-order valence-electron chi connectivity index (χ4n) is 2.73. The van der Waals surface area contributed by atoms with Crippen molar-refractivity contribution in [1.29, 1.82) is 0 Å². The molecule has 0 saturated heterocycles. The van der Waals surface area contributed by atoms with E-state index >= 15 is 0 Å². The lowest BCUT2D eigenvalue weighted by Crippen LogP contribution is -2.30. The Bertz CT molecular complexity index is 185. The summed E-state index contributed by atoms with van der Waals surface area (Å²) < 4.78 is 0. The van der Waals surface area contributed by atoms with Crippen LogP contribution >= 0.6 is 0 Å². The largest absolute Gasteiger partial charge is 0.393 e. The summed E-state index contributed by atoms with van der Waals surface area (Å²) >= 11 is 0. The molecule has 1 saturated carbocycles. The standard InChI is InChI=1S/C11H18O/c12-10-5-4-8-11(9-10)6-2-1-3-7-11/h2,6,10,12H,1,3-5,7-9H2/t10-,11+/m1/s1. The number of hydrogen-bond acceptors (Lipinski definition) is 1. The first-order valence-corrected chi connectivity index (χ1v) is 5.17. The van der Waals surface area contributed by atoms with Gasteiger partial charge in [-0.1, -0.05) is 18.6 Å². The molecule has 0 radical (unpaired) electrons. The maximum absolute atomic E-state index is 9.59. The topological polar surface area (TPSA) is 20.2 Å². The Hall–Kier alpha value is -0.300. The normalized spacial score (nSPS) is 41.9. The molecule has 0 heterocycles. The van der Waals surface area contributed by atoms with Crippen LogP contribution in [-0.2, 0) is 0 Å². The minimum atomic E-state index is -0.0264. The third-order valence-electron chi connectivity index (χ3n) is 3.37. The fraction of sp³-hybridized carbons (Fsp3) is 0.818. The molecule has 1 N–H and O–H groups in total. The van der Waals surface area contributed by atoms with E-state index in [-0.39, 0.29) is 6.10 Å². The van der Waals surface area contributed by atoms with Crippen LogP contribution in [0.3, 0.4) is 0 Å². The second-order valence-corrected chi connectivity index (χ2v) is 4.41. The quantitative estimate of drug-likeness (QED) is 0.548. The summed E-state index contributed by atoms with van der Waals surface area (Å²) in [4.78, 5) is 0. The molecule has 0 bridgehead atoms. The van der Waals surface area contributed by atoms with Crippen molar-refractivity contribution in [2.45, 2.75) is 51.0 Å². The number of hydrogen-bond donors (Lipinski definition) is 1. The molecular weight excluding hydrogens is 148 g/mol. The third-order valence-corrected chi connectivity index (χ3v) is 3.37. The Balaban J connectivity index is 2.07. The summed E-state index contributed by atoms with van der Waals surface area (Å²) in [6.45, 7) is 0. The summed E-state index contributed by atoms with van der Waals surface area (Å²) in [6.07, 6.45) is 13.1.